The van der Waals surface area contributed by atoms with Gasteiger partial charge in [0.1, 0.15) is 60.7 Å². The van der Waals surface area contributed by atoms with Crippen LogP contribution in [0.25, 0.3) is 12.2 Å². The summed E-state index contributed by atoms with van der Waals surface area (Å²) >= 11 is 0. The van der Waals surface area contributed by atoms with Crippen LogP contribution in [0.5, 0.6) is 0 Å². The van der Waals surface area contributed by atoms with Crippen LogP contribution in [-0.4, -0.2) is 172 Å². The molecule has 0 spiro atoms. The molecular weight excluding hydrogens is 1450 g/mol. The van der Waals surface area contributed by atoms with Crippen LogP contribution in [0.15, 0.2) is 122 Å². The van der Waals surface area contributed by atoms with E-state index in [-0.39, 0.29) is 236 Å². The maximum atomic E-state index is 12.7. The van der Waals surface area contributed by atoms with Crippen LogP contribution in [-0.2, 0) is 80.9 Å². The summed E-state index contributed by atoms with van der Waals surface area (Å²) in [7, 11) is -40.0. The molecule has 0 saturated carbocycles. The van der Waals surface area contributed by atoms with Gasteiger partial charge in [-0.1, -0.05) is 24.3 Å². The van der Waals surface area contributed by atoms with Crippen LogP contribution in [0.1, 0.15) is 11.1 Å². The number of H-pyrrole nitrogens is 4. The summed E-state index contributed by atoms with van der Waals surface area (Å²) in [4.78, 5) is 29.0. The number of rotatable bonds is 20. The zero-order chi connectivity index (χ0) is 61.3. The normalized spacial score (nSPS) is 13.0. The van der Waals surface area contributed by atoms with E-state index in [4.69, 9.17) is 0 Å². The third-order valence-corrected chi connectivity index (χ3v) is 16.9. The van der Waals surface area contributed by atoms with Gasteiger partial charge in [0, 0.05) is 27.2 Å². The average Bonchev–Trinajstić information content (AvgIpc) is 3.32. The molecule has 4 aromatic carbocycles. The first-order chi connectivity index (χ1) is 37.4. The Balaban J connectivity index is -0.00000946. The van der Waals surface area contributed by atoms with Gasteiger partial charge in [-0.2, -0.15) is 9.97 Å². The van der Waals surface area contributed by atoms with Crippen molar-refractivity contribution in [2.45, 2.75) is 29.4 Å². The van der Waals surface area contributed by atoms with E-state index in [1.807, 2.05) is 0 Å². The predicted molar refractivity (Wildman–Crippen MR) is 265 cm³/mol. The Morgan fingerprint density at radius 3 is 0.956 bits per heavy atom. The number of anilines is 2. The van der Waals surface area contributed by atoms with E-state index in [0.29, 0.717) is 48.5 Å². The number of aromatic nitrogens is 6. The maximum absolute atomic E-state index is 12.7. The van der Waals surface area contributed by atoms with Crippen LogP contribution in [0.4, 0.5) is 34.6 Å². The Morgan fingerprint density at radius 2 is 0.689 bits per heavy atom. The van der Waals surface area contributed by atoms with Crippen LogP contribution < -0.4 is 269 Å². The number of nitrogens with zero attached hydrogens (tertiary/aromatic N) is 8. The molecule has 2 heterocycles. The number of hydrogen-bond acceptors (Lipinski definition) is 32. The summed E-state index contributed by atoms with van der Waals surface area (Å²) in [6.45, 7) is -1.20. The minimum Gasteiger partial charge on any atom is -0.748 e. The number of hydrogen-bond donors (Lipinski definition) is 4. The zero-order valence-corrected chi connectivity index (χ0v) is 71.1. The zero-order valence-electron chi connectivity index (χ0n) is 48.6. The van der Waals surface area contributed by atoms with E-state index in [1.54, 1.807) is 0 Å². The summed E-state index contributed by atoms with van der Waals surface area (Å²) in [5.74, 6) is -2.96. The monoisotopic (exact) mass is 1480 g/mol. The molecule has 0 atom stereocenters. The van der Waals surface area contributed by atoms with Crippen molar-refractivity contribution in [2.75, 3.05) is 48.5 Å². The first-order valence-corrected chi connectivity index (χ1v) is 32.9. The molecule has 6 rings (SSSR count). The van der Waals surface area contributed by atoms with Crippen LogP contribution in [0.2, 0.25) is 0 Å². The van der Waals surface area contributed by atoms with Gasteiger partial charge in [-0.15, -0.1) is 0 Å². The molecule has 0 radical (unpaired) electrons. The molecule has 0 aliphatic rings. The Morgan fingerprint density at radius 1 is 0.389 bits per heavy atom. The fourth-order valence-corrected chi connectivity index (χ4v) is 11.1. The van der Waals surface area contributed by atoms with Gasteiger partial charge in [0.25, 0.3) is 0 Å². The molecule has 444 valence electrons. The van der Waals surface area contributed by atoms with Gasteiger partial charge in [-0.05, 0) is 71.8 Å². The Hall–Kier alpha value is 0.720. The molecule has 6 aromatic rings. The van der Waals surface area contributed by atoms with E-state index in [2.05, 4.69) is 49.9 Å². The smallest absolute Gasteiger partial charge is 0.748 e. The number of aromatic amines is 4. The molecule has 90 heavy (non-hydrogen) atoms. The number of benzene rings is 4. The standard InChI is InChI=1S/C38H40N12O24S8.8Na/c1-49(13-15-75(51,52)53)37-45-33(43-35(47-37)41-27-19-25(77(57,58)59)9-11-29(27)79(63,64)65)39-23-7-5-21(31(17-23)81(69,70)71)3-4-22-6-8-24(18-32(22)82(72,73)74)40-34-44-36(48-38(46-34)50(2)14-16-76(54,55)56)42-28-20-26(78(60,61)62)10-12-30(28)80(66,67)68;;;;;;;;/h3-12,17-20H,13-16H2,1-2H3,(H,51,52,53)(H,54,55,56)(H,57,58,59)(H,60,61,62)(H,63,64,65)(H,66,67,68)(H,69,70,71)(H,72,73,74)(H2,39,41,43,45,47)(H2,40,42,44,46,48);;;;;;;;/q;8*+1/p-8/b4-3+;;;;;;;;. The van der Waals surface area contributed by atoms with E-state index >= 15 is 0 Å². The third-order valence-electron chi connectivity index (χ3n) is 10.3. The van der Waals surface area contributed by atoms with Gasteiger partial charge in [0.2, 0.25) is 34.4 Å². The van der Waals surface area contributed by atoms with Gasteiger partial charge < -0.3 is 46.2 Å². The number of nitrogens with one attached hydrogen (secondary N) is 4. The summed E-state index contributed by atoms with van der Waals surface area (Å²) in [5.41, 5.74) is -6.48. The Kier molecular flexibility index (Phi) is 39.8. The Labute approximate surface area is 690 Å². The molecule has 0 unspecified atom stereocenters. The predicted octanol–water partition coefficient (Wildman–Crippen LogP) is -27.7. The Bertz CT molecular complexity index is 4600. The van der Waals surface area contributed by atoms with Crippen molar-refractivity contribution in [3.05, 3.63) is 106 Å². The van der Waals surface area contributed by atoms with Gasteiger partial charge in [0.05, 0.1) is 83.9 Å². The second kappa shape index (κ2) is 37.8. The topological polar surface area (TPSA) is 602 Å². The van der Waals surface area contributed by atoms with Crippen molar-refractivity contribution in [1.29, 1.82) is 0 Å². The SMILES string of the molecule is CN(CCS(=O)(=O)[O-])c1nc(=Nc2ccc(/C=C/c3ccc(N=c4nc(N(C)CCS(=O)(=O)[O-])[nH]c(=Nc5cc(S(=O)(=O)[O-])ccc5S(=O)(=O)[O-])[nH]4)cc3S(=O)(=O)[O-])c(S(=O)(=O)[O-])c2)[nH]c(=Nc2cc(S(=O)(=O)[O-])ccc2S(=O)(=O)[O-])[nH]1.[Na+].[Na+].[Na+].[Na+].[Na+].[Na+].[Na+].[Na+]. The maximum Gasteiger partial charge on any atom is 1.00 e. The van der Waals surface area contributed by atoms with Crippen molar-refractivity contribution in [2.24, 2.45) is 20.0 Å². The third kappa shape index (κ3) is 28.9. The summed E-state index contributed by atoms with van der Waals surface area (Å²) in [6.07, 6.45) is 1.71. The average molecular weight is 1480 g/mol. The summed E-state index contributed by atoms with van der Waals surface area (Å²) < 4.78 is 287. The molecule has 0 fully saturated rings. The minimum atomic E-state index is -5.54. The molecule has 0 aliphatic carbocycles. The van der Waals surface area contributed by atoms with Crippen molar-refractivity contribution in [3.8, 4) is 0 Å². The van der Waals surface area contributed by atoms with E-state index in [9.17, 15) is 104 Å². The molecule has 0 amide bonds. The molecule has 2 aromatic heterocycles. The van der Waals surface area contributed by atoms with Crippen molar-refractivity contribution >= 4 is 128 Å². The molecule has 52 heteroatoms. The fourth-order valence-electron chi connectivity index (χ4n) is 6.55. The van der Waals surface area contributed by atoms with Crippen LogP contribution in [0, 0.1) is 0 Å². The van der Waals surface area contributed by atoms with E-state index in [1.165, 1.54) is 0 Å². The summed E-state index contributed by atoms with van der Waals surface area (Å²) in [6, 6.07) is 7.96. The first-order valence-electron chi connectivity index (χ1n) is 21.3. The van der Waals surface area contributed by atoms with Crippen molar-refractivity contribution in [1.82, 2.24) is 29.9 Å². The first kappa shape index (κ1) is 94.9. The quantitative estimate of drug-likeness (QED) is 0.0313. The van der Waals surface area contributed by atoms with Crippen LogP contribution in [0.3, 0.4) is 0 Å². The second-order valence-electron chi connectivity index (χ2n) is 16.3. The van der Waals surface area contributed by atoms with Gasteiger partial charge >= 0.3 is 236 Å². The molecule has 0 bridgehead atoms. The van der Waals surface area contributed by atoms with Crippen molar-refractivity contribution in [3.63, 3.8) is 0 Å². The molecule has 36 nitrogen and oxygen atoms in total. The molecule has 0 saturated heterocycles. The van der Waals surface area contributed by atoms with Crippen LogP contribution >= 0.6 is 0 Å². The van der Waals surface area contributed by atoms with E-state index < -0.39 is 203 Å². The van der Waals surface area contributed by atoms with Gasteiger partial charge in [-0.25, -0.2) is 87.3 Å². The molecule has 0 aliphatic heterocycles. The summed E-state index contributed by atoms with van der Waals surface area (Å²) in [5, 5.41) is 0. The van der Waals surface area contributed by atoms with Gasteiger partial charge in [-0.3, -0.25) is 19.9 Å². The molecular formula is C38H32N12Na8O24S8. The minimum absolute atomic E-state index is 0. The largest absolute Gasteiger partial charge is 1.00 e. The van der Waals surface area contributed by atoms with Crippen molar-refractivity contribution < 1.29 is 340 Å². The molecule has 4 N–H and O–H groups in total. The van der Waals surface area contributed by atoms with E-state index in [0.717, 1.165) is 60.3 Å². The second-order valence-corrected chi connectivity index (χ2v) is 27.5. The fraction of sp³-hybridized carbons (Fsp3) is 0.158. The van der Waals surface area contributed by atoms with Gasteiger partial charge in [0.15, 0.2) is 0 Å².